The summed E-state index contributed by atoms with van der Waals surface area (Å²) in [5.74, 6) is -1.02. The maximum atomic E-state index is 12.5. The molecule has 0 bridgehead atoms. The Kier molecular flexibility index (Phi) is 6.22. The third-order valence-corrected chi connectivity index (χ3v) is 3.36. The second-order valence-electron chi connectivity index (χ2n) is 5.32. The summed E-state index contributed by atoms with van der Waals surface area (Å²) in [6, 6.07) is -0.0370. The number of morpholine rings is 1. The number of hydrogen-bond donors (Lipinski definition) is 1. The molecule has 0 saturated carbocycles. The van der Waals surface area contributed by atoms with Gasteiger partial charge in [-0.25, -0.2) is 9.59 Å². The molecule has 2 atom stereocenters. The molecule has 1 aliphatic heterocycles. The minimum absolute atomic E-state index is 0.0774. The summed E-state index contributed by atoms with van der Waals surface area (Å²) in [6.45, 7) is 6.11. The first-order valence-electron chi connectivity index (χ1n) is 6.91. The van der Waals surface area contributed by atoms with E-state index >= 15 is 0 Å². The third kappa shape index (κ3) is 4.35. The Balaban J connectivity index is 2.68. The van der Waals surface area contributed by atoms with Crippen LogP contribution in [-0.2, 0) is 9.53 Å². The molecule has 20 heavy (non-hydrogen) atoms. The summed E-state index contributed by atoms with van der Waals surface area (Å²) >= 11 is 0. The van der Waals surface area contributed by atoms with Crippen LogP contribution in [0.5, 0.6) is 0 Å². The number of aliphatic carboxylic acids is 1. The molecule has 1 rings (SSSR count). The second kappa shape index (κ2) is 7.44. The lowest BCUT2D eigenvalue weighted by molar-refractivity contribution is -0.154. The van der Waals surface area contributed by atoms with E-state index in [4.69, 9.17) is 9.84 Å². The molecule has 1 fully saturated rings. The van der Waals surface area contributed by atoms with Crippen LogP contribution >= 0.6 is 0 Å². The van der Waals surface area contributed by atoms with E-state index in [0.717, 1.165) is 6.54 Å². The minimum atomic E-state index is -1.02. The number of urea groups is 1. The summed E-state index contributed by atoms with van der Waals surface area (Å²) < 4.78 is 5.14. The normalized spacial score (nSPS) is 20.9. The largest absolute Gasteiger partial charge is 0.479 e. The van der Waals surface area contributed by atoms with Crippen LogP contribution in [0.25, 0.3) is 0 Å². The first kappa shape index (κ1) is 16.7. The summed E-state index contributed by atoms with van der Waals surface area (Å²) in [5.41, 5.74) is 0. The van der Waals surface area contributed by atoms with Gasteiger partial charge in [0.1, 0.15) is 0 Å². The quantitative estimate of drug-likeness (QED) is 0.780. The van der Waals surface area contributed by atoms with Crippen molar-refractivity contribution in [3.8, 4) is 0 Å². The smallest absolute Gasteiger partial charge is 0.334 e. The number of rotatable bonds is 5. The van der Waals surface area contributed by atoms with Crippen LogP contribution in [-0.4, -0.2) is 90.8 Å². The summed E-state index contributed by atoms with van der Waals surface area (Å²) in [5, 5.41) is 8.98. The van der Waals surface area contributed by atoms with E-state index in [0.29, 0.717) is 13.1 Å². The highest BCUT2D eigenvalue weighted by atomic mass is 16.5. The van der Waals surface area contributed by atoms with Gasteiger partial charge in [0.25, 0.3) is 0 Å². The number of amides is 2. The average molecular weight is 287 g/mol. The molecule has 7 heteroatoms. The van der Waals surface area contributed by atoms with Crippen LogP contribution in [0.15, 0.2) is 0 Å². The lowest BCUT2D eigenvalue weighted by Gasteiger charge is -2.37. The van der Waals surface area contributed by atoms with Crippen LogP contribution in [0.4, 0.5) is 4.79 Å². The molecule has 0 aromatic heterocycles. The molecule has 2 unspecified atom stereocenters. The standard InChI is InChI=1S/C13H25N3O4/c1-5-16(10(2)8-14(3)4)13(19)15-6-7-20-11(9-15)12(17)18/h10-11H,5-9H2,1-4H3,(H,17,18). The molecule has 7 nitrogen and oxygen atoms in total. The summed E-state index contributed by atoms with van der Waals surface area (Å²) in [4.78, 5) is 28.8. The highest BCUT2D eigenvalue weighted by Crippen LogP contribution is 2.11. The van der Waals surface area contributed by atoms with Crippen molar-refractivity contribution >= 4 is 12.0 Å². The number of carbonyl (C=O) groups excluding carboxylic acids is 1. The summed E-state index contributed by atoms with van der Waals surface area (Å²) in [6.07, 6.45) is -0.921. The number of carboxylic acids is 1. The Labute approximate surface area is 120 Å². The van der Waals surface area contributed by atoms with Crippen LogP contribution in [0.2, 0.25) is 0 Å². The van der Waals surface area contributed by atoms with E-state index in [-0.39, 0.29) is 25.2 Å². The maximum Gasteiger partial charge on any atom is 0.334 e. The van der Waals surface area contributed by atoms with E-state index in [9.17, 15) is 9.59 Å². The van der Waals surface area contributed by atoms with Gasteiger partial charge in [0.05, 0.1) is 13.2 Å². The molecule has 1 heterocycles. The Morgan fingerprint density at radius 2 is 2.10 bits per heavy atom. The lowest BCUT2D eigenvalue weighted by atomic mass is 10.2. The van der Waals surface area contributed by atoms with Crippen LogP contribution < -0.4 is 0 Å². The predicted octanol–water partition coefficient (Wildman–Crippen LogP) is 0.164. The molecule has 0 spiro atoms. The number of likely N-dealkylation sites (N-methyl/N-ethyl adjacent to an activating group) is 2. The van der Waals surface area contributed by atoms with Gasteiger partial charge in [-0.05, 0) is 27.9 Å². The lowest BCUT2D eigenvalue weighted by Crippen LogP contribution is -2.55. The van der Waals surface area contributed by atoms with Crippen LogP contribution in [0.1, 0.15) is 13.8 Å². The Morgan fingerprint density at radius 1 is 1.45 bits per heavy atom. The van der Waals surface area contributed by atoms with Gasteiger partial charge >= 0.3 is 12.0 Å². The number of carboxylic acid groups (broad SMARTS) is 1. The number of carbonyl (C=O) groups is 2. The van der Waals surface area contributed by atoms with Crippen LogP contribution in [0.3, 0.4) is 0 Å². The topological polar surface area (TPSA) is 73.3 Å². The van der Waals surface area contributed by atoms with Gasteiger partial charge in [0.2, 0.25) is 0 Å². The van der Waals surface area contributed by atoms with Crippen molar-refractivity contribution in [2.24, 2.45) is 0 Å². The third-order valence-electron chi connectivity index (χ3n) is 3.36. The van der Waals surface area contributed by atoms with E-state index < -0.39 is 12.1 Å². The van der Waals surface area contributed by atoms with Crippen molar-refractivity contribution in [3.63, 3.8) is 0 Å². The Hall–Kier alpha value is -1.34. The van der Waals surface area contributed by atoms with Crippen molar-refractivity contribution in [1.82, 2.24) is 14.7 Å². The van der Waals surface area contributed by atoms with Gasteiger partial charge in [0, 0.05) is 25.7 Å². The van der Waals surface area contributed by atoms with Crippen molar-refractivity contribution < 1.29 is 19.4 Å². The highest BCUT2D eigenvalue weighted by molar-refractivity contribution is 5.77. The molecule has 116 valence electrons. The van der Waals surface area contributed by atoms with E-state index in [1.54, 1.807) is 9.80 Å². The molecule has 0 aliphatic carbocycles. The van der Waals surface area contributed by atoms with Gasteiger partial charge in [-0.3, -0.25) is 0 Å². The van der Waals surface area contributed by atoms with E-state index in [1.165, 1.54) is 0 Å². The number of hydrogen-bond acceptors (Lipinski definition) is 4. The molecule has 2 amide bonds. The molecular weight excluding hydrogens is 262 g/mol. The Morgan fingerprint density at radius 3 is 2.60 bits per heavy atom. The first-order valence-corrected chi connectivity index (χ1v) is 6.91. The van der Waals surface area contributed by atoms with Crippen molar-refractivity contribution in [2.45, 2.75) is 26.0 Å². The Bertz CT molecular complexity index is 349. The zero-order valence-electron chi connectivity index (χ0n) is 12.7. The predicted molar refractivity (Wildman–Crippen MR) is 74.7 cm³/mol. The fraction of sp³-hybridized carbons (Fsp3) is 0.846. The first-order chi connectivity index (χ1) is 9.36. The average Bonchev–Trinajstić information content (AvgIpc) is 2.38. The van der Waals surface area contributed by atoms with Gasteiger partial charge in [-0.2, -0.15) is 0 Å². The fourth-order valence-corrected chi connectivity index (χ4v) is 2.42. The van der Waals surface area contributed by atoms with E-state index in [2.05, 4.69) is 0 Å². The van der Waals surface area contributed by atoms with Crippen molar-refractivity contribution in [3.05, 3.63) is 0 Å². The highest BCUT2D eigenvalue weighted by Gasteiger charge is 2.32. The molecule has 1 N–H and O–H groups in total. The van der Waals surface area contributed by atoms with Crippen molar-refractivity contribution in [2.75, 3.05) is 46.9 Å². The molecule has 1 saturated heterocycles. The molecule has 0 aromatic carbocycles. The zero-order chi connectivity index (χ0) is 15.3. The minimum Gasteiger partial charge on any atom is -0.479 e. The number of nitrogens with zero attached hydrogens (tertiary/aromatic N) is 3. The molecular formula is C13H25N3O4. The van der Waals surface area contributed by atoms with Crippen LogP contribution in [0, 0.1) is 0 Å². The van der Waals surface area contributed by atoms with Gasteiger partial charge in [0.15, 0.2) is 6.10 Å². The van der Waals surface area contributed by atoms with Gasteiger partial charge in [-0.15, -0.1) is 0 Å². The molecule has 0 radical (unpaired) electrons. The molecule has 1 aliphatic rings. The van der Waals surface area contributed by atoms with Gasteiger partial charge in [-0.1, -0.05) is 0 Å². The second-order valence-corrected chi connectivity index (χ2v) is 5.32. The SMILES string of the molecule is CCN(C(=O)N1CCOC(C(=O)O)C1)C(C)CN(C)C. The van der Waals surface area contributed by atoms with E-state index in [1.807, 2.05) is 32.8 Å². The molecule has 0 aromatic rings. The van der Waals surface area contributed by atoms with Gasteiger partial charge < -0.3 is 24.5 Å². The maximum absolute atomic E-state index is 12.5. The van der Waals surface area contributed by atoms with Crippen molar-refractivity contribution in [1.29, 1.82) is 0 Å². The zero-order valence-corrected chi connectivity index (χ0v) is 12.7. The monoisotopic (exact) mass is 287 g/mol. The number of ether oxygens (including phenoxy) is 1. The summed E-state index contributed by atoms with van der Waals surface area (Å²) in [7, 11) is 3.92. The fourth-order valence-electron chi connectivity index (χ4n) is 2.42.